The van der Waals surface area contributed by atoms with Crippen molar-refractivity contribution in [3.63, 3.8) is 0 Å². The molecule has 0 aromatic rings. The van der Waals surface area contributed by atoms with Crippen LogP contribution in [0.3, 0.4) is 0 Å². The molecule has 18 heavy (non-hydrogen) atoms. The highest BCUT2D eigenvalue weighted by Gasteiger charge is 2.63. The van der Waals surface area contributed by atoms with Gasteiger partial charge in [-0.15, -0.1) is 0 Å². The van der Waals surface area contributed by atoms with E-state index in [0.29, 0.717) is 11.7 Å². The summed E-state index contributed by atoms with van der Waals surface area (Å²) in [6.07, 6.45) is 3.93. The van der Waals surface area contributed by atoms with E-state index in [1.54, 1.807) is 0 Å². The third-order valence-corrected chi connectivity index (χ3v) is 6.48. The van der Waals surface area contributed by atoms with Crippen LogP contribution in [0, 0.1) is 16.7 Å². The van der Waals surface area contributed by atoms with Crippen LogP contribution >= 0.6 is 0 Å². The van der Waals surface area contributed by atoms with Gasteiger partial charge in [0.1, 0.15) is 0 Å². The van der Waals surface area contributed by atoms with Crippen LogP contribution < -0.4 is 0 Å². The van der Waals surface area contributed by atoms with Gasteiger partial charge in [0.25, 0.3) is 0 Å². The molecule has 2 bridgehead atoms. The summed E-state index contributed by atoms with van der Waals surface area (Å²) < 4.78 is 12.1. The summed E-state index contributed by atoms with van der Waals surface area (Å²) in [6.45, 7) is 5.82. The molecular weight excluding hydrogens is 248 g/mol. The summed E-state index contributed by atoms with van der Waals surface area (Å²) in [6, 6.07) is 0. The Morgan fingerprint density at radius 1 is 1.50 bits per heavy atom. The highest BCUT2D eigenvalue weighted by atomic mass is 32.2. The van der Waals surface area contributed by atoms with Gasteiger partial charge in [0.15, 0.2) is 5.78 Å². The minimum Gasteiger partial charge on any atom is -0.392 e. The van der Waals surface area contributed by atoms with E-state index in [-0.39, 0.29) is 22.7 Å². The van der Waals surface area contributed by atoms with E-state index in [0.717, 1.165) is 19.3 Å². The molecule has 2 fully saturated rings. The zero-order valence-electron chi connectivity index (χ0n) is 11.3. The third-order valence-electron chi connectivity index (χ3n) is 5.24. The first kappa shape index (κ1) is 13.9. The number of carbonyl (C=O) groups excluding carboxylic acids is 1. The monoisotopic (exact) mass is 270 g/mol. The van der Waals surface area contributed by atoms with Gasteiger partial charge in [0.05, 0.1) is 6.10 Å². The minimum absolute atomic E-state index is 0.0478. The molecule has 0 heterocycles. The van der Waals surface area contributed by atoms with Crippen LogP contribution in [0.25, 0.3) is 0 Å². The summed E-state index contributed by atoms with van der Waals surface area (Å²) in [5.41, 5.74) is -0.185. The number of hydrogen-bond acceptors (Lipinski definition) is 3. The van der Waals surface area contributed by atoms with E-state index in [9.17, 15) is 14.1 Å². The maximum absolute atomic E-state index is 12.1. The van der Waals surface area contributed by atoms with Crippen molar-refractivity contribution in [2.75, 3.05) is 5.75 Å². The normalized spacial score (nSPS) is 39.3. The van der Waals surface area contributed by atoms with Crippen molar-refractivity contribution in [1.82, 2.24) is 0 Å². The molecule has 102 valence electrons. The molecule has 1 N–H and O–H groups in total. The summed E-state index contributed by atoms with van der Waals surface area (Å²) in [7, 11) is -1.17. The van der Waals surface area contributed by atoms with E-state index in [1.807, 2.05) is 0 Å². The summed E-state index contributed by atoms with van der Waals surface area (Å²) in [5.74, 6) is 0.930. The number of fused-ring (bicyclic) bond motifs is 2. The lowest BCUT2D eigenvalue weighted by Crippen LogP contribution is -2.43. The molecule has 4 atom stereocenters. The number of hydrogen-bond donors (Lipinski definition) is 1. The second-order valence-corrected chi connectivity index (χ2v) is 7.63. The van der Waals surface area contributed by atoms with Gasteiger partial charge in [0.2, 0.25) is 0 Å². The molecule has 2 rings (SSSR count). The van der Waals surface area contributed by atoms with Crippen LogP contribution in [-0.2, 0) is 15.6 Å². The summed E-state index contributed by atoms with van der Waals surface area (Å²) in [5, 5.41) is 11.8. The van der Waals surface area contributed by atoms with Crippen LogP contribution in [0.4, 0.5) is 0 Å². The fourth-order valence-corrected chi connectivity index (χ4v) is 5.51. The maximum atomic E-state index is 12.1. The summed E-state index contributed by atoms with van der Waals surface area (Å²) >= 11 is 0. The Labute approximate surface area is 111 Å². The van der Waals surface area contributed by atoms with Gasteiger partial charge in [-0.1, -0.05) is 13.8 Å². The standard InChI is InChI=1S/C14H22O3S/c1-10(15)5-7-18(17)9-14-6-4-11(8-12(14)16)13(14,2)3/h5,7,11-12,16H,4,6,8-9H2,1-3H3/b7-5+/t11-,12-,14-,18-/m1/s1. The third kappa shape index (κ3) is 1.99. The molecule has 2 aliphatic carbocycles. The second-order valence-electron chi connectivity index (χ2n) is 6.30. The van der Waals surface area contributed by atoms with E-state index in [2.05, 4.69) is 13.8 Å². The molecule has 0 spiro atoms. The van der Waals surface area contributed by atoms with Crippen molar-refractivity contribution in [3.05, 3.63) is 11.5 Å². The van der Waals surface area contributed by atoms with Gasteiger partial charge in [-0.25, -0.2) is 0 Å². The van der Waals surface area contributed by atoms with E-state index in [1.165, 1.54) is 18.4 Å². The van der Waals surface area contributed by atoms with Gasteiger partial charge in [-0.2, -0.15) is 0 Å². The predicted molar refractivity (Wildman–Crippen MR) is 72.4 cm³/mol. The van der Waals surface area contributed by atoms with Crippen LogP contribution in [0.2, 0.25) is 0 Å². The van der Waals surface area contributed by atoms with Gasteiger partial charge in [0, 0.05) is 27.4 Å². The topological polar surface area (TPSA) is 54.4 Å². The molecule has 0 unspecified atom stereocenters. The Bertz CT molecular complexity index is 413. The van der Waals surface area contributed by atoms with Crippen molar-refractivity contribution in [2.24, 2.45) is 16.7 Å². The molecule has 0 saturated heterocycles. The molecule has 0 radical (unpaired) electrons. The first-order chi connectivity index (χ1) is 8.29. The smallest absolute Gasteiger partial charge is 0.153 e. The Hall–Kier alpha value is -0.480. The Morgan fingerprint density at radius 2 is 2.17 bits per heavy atom. The molecule has 3 nitrogen and oxygen atoms in total. The van der Waals surface area contributed by atoms with E-state index < -0.39 is 10.8 Å². The Balaban J connectivity index is 2.16. The van der Waals surface area contributed by atoms with Gasteiger partial charge >= 0.3 is 0 Å². The largest absolute Gasteiger partial charge is 0.392 e. The average molecular weight is 270 g/mol. The number of aliphatic hydroxyl groups excluding tert-OH is 1. The molecular formula is C14H22O3S. The van der Waals surface area contributed by atoms with Crippen molar-refractivity contribution in [1.29, 1.82) is 0 Å². The molecule has 0 aromatic carbocycles. The van der Waals surface area contributed by atoms with Crippen LogP contribution in [0.15, 0.2) is 11.5 Å². The van der Waals surface area contributed by atoms with Gasteiger partial charge < -0.3 is 5.11 Å². The molecule has 2 saturated carbocycles. The molecule has 0 amide bonds. The SMILES string of the molecule is CC(=O)/C=C/[S@@](=O)C[C@]12CC[C@H](C[C@H]1O)C2(C)C. The fourth-order valence-electron chi connectivity index (χ4n) is 3.85. The summed E-state index contributed by atoms with van der Waals surface area (Å²) in [4.78, 5) is 10.9. The predicted octanol–water partition coefficient (Wildman–Crippen LogP) is 2.02. The van der Waals surface area contributed by atoms with Crippen molar-refractivity contribution >= 4 is 16.6 Å². The molecule has 4 heteroatoms. The minimum atomic E-state index is -1.17. The van der Waals surface area contributed by atoms with Crippen molar-refractivity contribution in [3.8, 4) is 0 Å². The van der Waals surface area contributed by atoms with Crippen LogP contribution in [0.5, 0.6) is 0 Å². The van der Waals surface area contributed by atoms with Gasteiger partial charge in [-0.05, 0) is 43.6 Å². The van der Waals surface area contributed by atoms with Gasteiger partial charge in [-0.3, -0.25) is 9.00 Å². The Kier molecular flexibility index (Phi) is 3.54. The number of carbonyl (C=O) groups is 1. The van der Waals surface area contributed by atoms with Crippen LogP contribution in [0.1, 0.15) is 40.0 Å². The molecule has 2 aliphatic rings. The van der Waals surface area contributed by atoms with Crippen molar-refractivity contribution in [2.45, 2.75) is 46.1 Å². The molecule has 0 aliphatic heterocycles. The Morgan fingerprint density at radius 3 is 2.61 bits per heavy atom. The zero-order chi connectivity index (χ0) is 13.6. The second kappa shape index (κ2) is 4.57. The number of rotatable bonds is 4. The lowest BCUT2D eigenvalue weighted by molar-refractivity contribution is -0.112. The van der Waals surface area contributed by atoms with E-state index >= 15 is 0 Å². The highest BCUT2D eigenvalue weighted by molar-refractivity contribution is 7.88. The maximum Gasteiger partial charge on any atom is 0.153 e. The highest BCUT2D eigenvalue weighted by Crippen LogP contribution is 2.65. The fraction of sp³-hybridized carbons (Fsp3) is 0.786. The first-order valence-corrected chi connectivity index (χ1v) is 7.92. The van der Waals surface area contributed by atoms with Crippen LogP contribution in [-0.4, -0.2) is 27.0 Å². The number of allylic oxidation sites excluding steroid dienone is 1. The lowest BCUT2D eigenvalue weighted by Gasteiger charge is -2.39. The average Bonchev–Trinajstić information content (AvgIpc) is 2.60. The number of aliphatic hydroxyl groups is 1. The van der Waals surface area contributed by atoms with E-state index in [4.69, 9.17) is 0 Å². The zero-order valence-corrected chi connectivity index (χ0v) is 12.1. The number of ketones is 1. The first-order valence-electron chi connectivity index (χ1n) is 6.53. The molecule has 0 aromatic heterocycles. The quantitative estimate of drug-likeness (QED) is 0.795. The lowest BCUT2D eigenvalue weighted by atomic mass is 9.70. The van der Waals surface area contributed by atoms with Crippen molar-refractivity contribution < 1.29 is 14.1 Å².